The van der Waals surface area contributed by atoms with Gasteiger partial charge in [-0.3, -0.25) is 5.43 Å². The highest BCUT2D eigenvalue weighted by Crippen LogP contribution is 2.32. The molecule has 1 aliphatic rings. The number of hydrogen-bond acceptors (Lipinski definition) is 6. The summed E-state index contributed by atoms with van der Waals surface area (Å²) in [5.74, 6) is 2.17. The first kappa shape index (κ1) is 14.6. The van der Waals surface area contributed by atoms with E-state index in [1.165, 1.54) is 5.56 Å². The van der Waals surface area contributed by atoms with E-state index in [1.807, 2.05) is 25.1 Å². The second-order valence-electron chi connectivity index (χ2n) is 4.89. The minimum Gasteiger partial charge on any atom is -0.454 e. The number of halogens is 1. The maximum absolute atomic E-state index is 5.68. The van der Waals surface area contributed by atoms with E-state index in [2.05, 4.69) is 20.7 Å². The van der Waals surface area contributed by atoms with Gasteiger partial charge in [-0.05, 0) is 49.6 Å². The summed E-state index contributed by atoms with van der Waals surface area (Å²) in [6.07, 6.45) is 1.70. The summed E-state index contributed by atoms with van der Waals surface area (Å²) in [5.41, 5.74) is 5.01. The van der Waals surface area contributed by atoms with E-state index < -0.39 is 0 Å². The smallest absolute Gasteiger partial charge is 0.231 e. The first-order valence-corrected chi connectivity index (χ1v) is 7.25. The summed E-state index contributed by atoms with van der Waals surface area (Å²) in [6, 6.07) is 9.37. The third kappa shape index (κ3) is 3.65. The summed E-state index contributed by atoms with van der Waals surface area (Å²) in [6.45, 7) is 2.26. The lowest BCUT2D eigenvalue weighted by molar-refractivity contribution is 0.174. The van der Waals surface area contributed by atoms with Crippen LogP contribution in [0.1, 0.15) is 18.9 Å². The lowest BCUT2D eigenvalue weighted by atomic mass is 10.1. The average Bonchev–Trinajstić information content (AvgIpc) is 3.00. The van der Waals surface area contributed by atoms with Crippen LogP contribution in [0.15, 0.2) is 35.4 Å². The molecule has 1 N–H and O–H groups in total. The highest BCUT2D eigenvalue weighted by atomic mass is 35.5. The van der Waals surface area contributed by atoms with Gasteiger partial charge < -0.3 is 9.47 Å². The Kier molecular flexibility index (Phi) is 4.39. The Morgan fingerprint density at radius 2 is 2.09 bits per heavy atom. The molecule has 114 valence electrons. The normalized spacial score (nSPS) is 13.3. The molecule has 0 amide bonds. The molecule has 0 radical (unpaired) electrons. The number of hydrazone groups is 1. The van der Waals surface area contributed by atoms with Gasteiger partial charge in [-0.25, -0.2) is 0 Å². The minimum atomic E-state index is 0.297. The molecule has 1 aromatic heterocycles. The number of hydrogen-bond donors (Lipinski definition) is 1. The van der Waals surface area contributed by atoms with Crippen molar-refractivity contribution in [2.24, 2.45) is 5.10 Å². The summed E-state index contributed by atoms with van der Waals surface area (Å²) in [4.78, 5) is 0. The number of aryl methyl sites for hydroxylation is 1. The number of nitrogens with one attached hydrogen (secondary N) is 1. The fraction of sp³-hybridized carbons (Fsp3) is 0.267. The number of nitrogens with zero attached hydrogens (tertiary/aromatic N) is 3. The van der Waals surface area contributed by atoms with Gasteiger partial charge in [0.1, 0.15) is 0 Å². The van der Waals surface area contributed by atoms with Gasteiger partial charge in [0.15, 0.2) is 22.5 Å². The maximum atomic E-state index is 5.68. The van der Waals surface area contributed by atoms with Gasteiger partial charge in [-0.15, -0.1) is 10.2 Å². The lowest BCUT2D eigenvalue weighted by Crippen LogP contribution is -2.01. The highest BCUT2D eigenvalue weighted by molar-refractivity contribution is 6.29. The van der Waals surface area contributed by atoms with Crippen LogP contribution in [0, 0.1) is 0 Å². The molecule has 0 saturated heterocycles. The predicted molar refractivity (Wildman–Crippen MR) is 84.7 cm³/mol. The van der Waals surface area contributed by atoms with Gasteiger partial charge in [-0.1, -0.05) is 17.7 Å². The molecule has 3 rings (SSSR count). The molecule has 7 heteroatoms. The first-order valence-electron chi connectivity index (χ1n) is 6.87. The van der Waals surface area contributed by atoms with E-state index in [9.17, 15) is 0 Å². The summed E-state index contributed by atoms with van der Waals surface area (Å²) < 4.78 is 10.7. The van der Waals surface area contributed by atoms with Gasteiger partial charge >= 0.3 is 0 Å². The Bertz CT molecular complexity index is 688. The fourth-order valence-corrected chi connectivity index (χ4v) is 2.11. The van der Waals surface area contributed by atoms with E-state index in [-0.39, 0.29) is 0 Å². The number of ether oxygens (including phenoxy) is 2. The van der Waals surface area contributed by atoms with Crippen molar-refractivity contribution in [3.8, 4) is 11.5 Å². The Hall–Kier alpha value is -2.34. The van der Waals surface area contributed by atoms with Crippen LogP contribution in [-0.4, -0.2) is 22.7 Å². The Balaban J connectivity index is 1.54. The van der Waals surface area contributed by atoms with Crippen LogP contribution < -0.4 is 14.9 Å². The topological polar surface area (TPSA) is 68.6 Å². The standard InChI is InChI=1S/C15H15ClN4O2/c1-10(17-19-15-7-6-14(16)18-20-15)2-3-11-4-5-12-13(8-11)22-9-21-12/h4-8H,2-3,9H2,1H3,(H,19,20)/b17-10+. The van der Waals surface area contributed by atoms with Crippen LogP contribution >= 0.6 is 11.6 Å². The molecular weight excluding hydrogens is 304 g/mol. The molecule has 0 unspecified atom stereocenters. The third-order valence-electron chi connectivity index (χ3n) is 3.21. The van der Waals surface area contributed by atoms with Crippen LogP contribution in [0.5, 0.6) is 11.5 Å². The van der Waals surface area contributed by atoms with E-state index >= 15 is 0 Å². The molecule has 0 aliphatic carbocycles. The van der Waals surface area contributed by atoms with Crippen LogP contribution in [-0.2, 0) is 6.42 Å². The zero-order valence-electron chi connectivity index (χ0n) is 12.0. The molecule has 0 fully saturated rings. The van der Waals surface area contributed by atoms with Crippen molar-refractivity contribution in [3.63, 3.8) is 0 Å². The molecular formula is C15H15ClN4O2. The monoisotopic (exact) mass is 318 g/mol. The fourth-order valence-electron chi connectivity index (χ4n) is 2.01. The van der Waals surface area contributed by atoms with E-state index in [4.69, 9.17) is 21.1 Å². The van der Waals surface area contributed by atoms with Crippen LogP contribution in [0.2, 0.25) is 5.15 Å². The molecule has 1 aromatic carbocycles. The second-order valence-corrected chi connectivity index (χ2v) is 5.28. The summed E-state index contributed by atoms with van der Waals surface area (Å²) in [5, 5.41) is 12.3. The van der Waals surface area contributed by atoms with Gasteiger partial charge in [-0.2, -0.15) is 5.10 Å². The van der Waals surface area contributed by atoms with Crippen LogP contribution in [0.3, 0.4) is 0 Å². The zero-order chi connectivity index (χ0) is 15.4. The maximum Gasteiger partial charge on any atom is 0.231 e. The second kappa shape index (κ2) is 6.62. The Morgan fingerprint density at radius 1 is 1.23 bits per heavy atom. The van der Waals surface area contributed by atoms with Crippen LogP contribution in [0.4, 0.5) is 5.82 Å². The molecule has 0 saturated carbocycles. The number of anilines is 1. The zero-order valence-corrected chi connectivity index (χ0v) is 12.8. The molecule has 1 aliphatic heterocycles. The van der Waals surface area contributed by atoms with Gasteiger partial charge in [0.05, 0.1) is 0 Å². The van der Waals surface area contributed by atoms with E-state index in [1.54, 1.807) is 12.1 Å². The SMILES string of the molecule is C/C(CCc1ccc2c(c1)OCO2)=N\Nc1ccc(Cl)nn1. The molecule has 2 heterocycles. The number of rotatable bonds is 5. The van der Waals surface area contributed by atoms with Crippen molar-refractivity contribution in [3.05, 3.63) is 41.0 Å². The Morgan fingerprint density at radius 3 is 2.91 bits per heavy atom. The average molecular weight is 319 g/mol. The number of fused-ring (bicyclic) bond motifs is 1. The van der Waals surface area contributed by atoms with E-state index in [0.29, 0.717) is 17.8 Å². The molecule has 2 aromatic rings. The van der Waals surface area contributed by atoms with Crippen molar-refractivity contribution in [1.82, 2.24) is 10.2 Å². The summed E-state index contributed by atoms with van der Waals surface area (Å²) >= 11 is 5.68. The summed E-state index contributed by atoms with van der Waals surface area (Å²) in [7, 11) is 0. The van der Waals surface area contributed by atoms with Crippen molar-refractivity contribution in [1.29, 1.82) is 0 Å². The Labute approximate surface area is 133 Å². The van der Waals surface area contributed by atoms with Gasteiger partial charge in [0.2, 0.25) is 6.79 Å². The highest BCUT2D eigenvalue weighted by Gasteiger charge is 2.12. The largest absolute Gasteiger partial charge is 0.454 e. The van der Waals surface area contributed by atoms with Crippen molar-refractivity contribution in [2.75, 3.05) is 12.2 Å². The van der Waals surface area contributed by atoms with Crippen LogP contribution in [0.25, 0.3) is 0 Å². The van der Waals surface area contributed by atoms with E-state index in [0.717, 1.165) is 30.1 Å². The van der Waals surface area contributed by atoms with Gasteiger partial charge in [0.25, 0.3) is 0 Å². The lowest BCUT2D eigenvalue weighted by Gasteiger charge is -2.04. The molecule has 0 spiro atoms. The number of aromatic nitrogens is 2. The third-order valence-corrected chi connectivity index (χ3v) is 3.41. The number of benzene rings is 1. The predicted octanol–water partition coefficient (Wildman–Crippen LogP) is 3.28. The van der Waals surface area contributed by atoms with Gasteiger partial charge in [0, 0.05) is 5.71 Å². The molecule has 6 nitrogen and oxygen atoms in total. The quantitative estimate of drug-likeness (QED) is 0.677. The molecule has 0 atom stereocenters. The van der Waals surface area contributed by atoms with Crippen molar-refractivity contribution in [2.45, 2.75) is 19.8 Å². The van der Waals surface area contributed by atoms with Crippen molar-refractivity contribution < 1.29 is 9.47 Å². The van der Waals surface area contributed by atoms with Crippen molar-refractivity contribution >= 4 is 23.1 Å². The minimum absolute atomic E-state index is 0.297. The molecule has 0 bridgehead atoms. The molecule has 22 heavy (non-hydrogen) atoms. The first-order chi connectivity index (χ1) is 10.7.